The van der Waals surface area contributed by atoms with E-state index in [-0.39, 0.29) is 17.9 Å². The quantitative estimate of drug-likeness (QED) is 0.578. The number of halogens is 2. The molecule has 1 aliphatic rings. The summed E-state index contributed by atoms with van der Waals surface area (Å²) < 4.78 is 29.5. The van der Waals surface area contributed by atoms with Crippen molar-refractivity contribution < 1.29 is 13.5 Å². The van der Waals surface area contributed by atoms with Gasteiger partial charge in [-0.2, -0.15) is 0 Å². The highest BCUT2D eigenvalue weighted by Gasteiger charge is 2.41. The first-order valence-corrected chi connectivity index (χ1v) is 3.97. The molecule has 1 fully saturated rings. The molecule has 0 radical (unpaired) electrons. The number of ether oxygens (including phenoxy) is 1. The van der Waals surface area contributed by atoms with Crippen molar-refractivity contribution in [2.24, 2.45) is 11.8 Å². The number of alkyl halides is 2. The van der Waals surface area contributed by atoms with Gasteiger partial charge >= 0.3 is 0 Å². The van der Waals surface area contributed by atoms with Crippen LogP contribution in [-0.2, 0) is 4.74 Å². The molecule has 0 aliphatic carbocycles. The Kier molecular flexibility index (Phi) is 2.47. The summed E-state index contributed by atoms with van der Waals surface area (Å²) in [5.74, 6) is 0.221. The molecule has 0 aromatic carbocycles. The Labute approximate surface area is 65.7 Å². The molecule has 4 unspecified atom stereocenters. The lowest BCUT2D eigenvalue weighted by Gasteiger charge is -2.14. The Morgan fingerprint density at radius 1 is 1.09 bits per heavy atom. The molecule has 0 spiro atoms. The van der Waals surface area contributed by atoms with Gasteiger partial charge in [0.1, 0.15) is 6.10 Å². The van der Waals surface area contributed by atoms with Crippen molar-refractivity contribution in [2.75, 3.05) is 0 Å². The van der Waals surface area contributed by atoms with Crippen LogP contribution in [0.5, 0.6) is 0 Å². The van der Waals surface area contributed by atoms with Gasteiger partial charge in [0.15, 0.2) is 0 Å². The van der Waals surface area contributed by atoms with E-state index < -0.39 is 12.5 Å². The largest absolute Gasteiger partial charge is 0.369 e. The zero-order valence-corrected chi connectivity index (χ0v) is 7.05. The minimum absolute atomic E-state index is 0.0231. The van der Waals surface area contributed by atoms with E-state index in [1.165, 1.54) is 0 Å². The molecular formula is C8H14F2O. The first-order chi connectivity index (χ1) is 5.04. The van der Waals surface area contributed by atoms with Crippen LogP contribution in [0.4, 0.5) is 8.78 Å². The number of hydrogen-bond acceptors (Lipinski definition) is 1. The first kappa shape index (κ1) is 8.91. The Morgan fingerprint density at radius 2 is 1.64 bits per heavy atom. The van der Waals surface area contributed by atoms with E-state index in [0.29, 0.717) is 0 Å². The highest BCUT2D eigenvalue weighted by atomic mass is 19.3. The van der Waals surface area contributed by atoms with Gasteiger partial charge in [-0.25, -0.2) is 8.78 Å². The minimum Gasteiger partial charge on any atom is -0.369 e. The molecule has 0 bridgehead atoms. The van der Waals surface area contributed by atoms with E-state index in [1.54, 1.807) is 0 Å². The summed E-state index contributed by atoms with van der Waals surface area (Å²) in [5, 5.41) is 0. The van der Waals surface area contributed by atoms with Gasteiger partial charge in [-0.1, -0.05) is 13.8 Å². The average Bonchev–Trinajstić information content (AvgIpc) is 2.17. The van der Waals surface area contributed by atoms with Crippen molar-refractivity contribution in [1.82, 2.24) is 0 Å². The Hall–Kier alpha value is -0.180. The standard InChI is InChI=1S/C8H14F2O/c1-4-5(2)7(8(9)10)11-6(4)3/h4-8H,1-3H3. The second kappa shape index (κ2) is 3.05. The van der Waals surface area contributed by atoms with E-state index in [9.17, 15) is 8.78 Å². The third kappa shape index (κ3) is 1.53. The van der Waals surface area contributed by atoms with E-state index >= 15 is 0 Å². The number of hydrogen-bond donors (Lipinski definition) is 0. The lowest BCUT2D eigenvalue weighted by Crippen LogP contribution is -2.24. The van der Waals surface area contributed by atoms with Crippen molar-refractivity contribution in [3.63, 3.8) is 0 Å². The lowest BCUT2D eigenvalue weighted by atomic mass is 9.91. The fourth-order valence-electron chi connectivity index (χ4n) is 1.51. The normalized spacial score (nSPS) is 45.3. The van der Waals surface area contributed by atoms with Gasteiger partial charge in [0.25, 0.3) is 6.43 Å². The number of rotatable bonds is 1. The van der Waals surface area contributed by atoms with Crippen LogP contribution < -0.4 is 0 Å². The maximum absolute atomic E-state index is 12.2. The molecule has 0 aromatic rings. The second-order valence-corrected chi connectivity index (χ2v) is 3.36. The third-order valence-corrected chi connectivity index (χ3v) is 2.71. The maximum Gasteiger partial charge on any atom is 0.264 e. The van der Waals surface area contributed by atoms with Crippen LogP contribution in [0.25, 0.3) is 0 Å². The Morgan fingerprint density at radius 3 is 1.82 bits per heavy atom. The lowest BCUT2D eigenvalue weighted by molar-refractivity contribution is -0.0581. The van der Waals surface area contributed by atoms with Crippen LogP contribution in [0.2, 0.25) is 0 Å². The first-order valence-electron chi connectivity index (χ1n) is 3.97. The van der Waals surface area contributed by atoms with E-state index in [1.807, 2.05) is 20.8 Å². The summed E-state index contributed by atoms with van der Waals surface area (Å²) in [5.41, 5.74) is 0. The predicted molar refractivity (Wildman–Crippen MR) is 38.7 cm³/mol. The maximum atomic E-state index is 12.2. The zero-order valence-electron chi connectivity index (χ0n) is 7.05. The third-order valence-electron chi connectivity index (χ3n) is 2.71. The highest BCUT2D eigenvalue weighted by Crippen LogP contribution is 2.34. The van der Waals surface area contributed by atoms with Gasteiger partial charge in [0, 0.05) is 0 Å². The molecule has 0 amide bonds. The average molecular weight is 164 g/mol. The van der Waals surface area contributed by atoms with Crippen LogP contribution in [0.15, 0.2) is 0 Å². The second-order valence-electron chi connectivity index (χ2n) is 3.36. The molecule has 4 atom stereocenters. The fourth-order valence-corrected chi connectivity index (χ4v) is 1.51. The van der Waals surface area contributed by atoms with E-state index in [0.717, 1.165) is 0 Å². The molecular weight excluding hydrogens is 150 g/mol. The van der Waals surface area contributed by atoms with Crippen molar-refractivity contribution in [2.45, 2.75) is 39.4 Å². The topological polar surface area (TPSA) is 9.23 Å². The van der Waals surface area contributed by atoms with E-state index in [4.69, 9.17) is 4.74 Å². The summed E-state index contributed by atoms with van der Waals surface area (Å²) in [6.07, 6.45) is -3.21. The molecule has 0 aromatic heterocycles. The Balaban J connectivity index is 2.59. The van der Waals surface area contributed by atoms with Gasteiger partial charge in [0.2, 0.25) is 0 Å². The molecule has 3 heteroatoms. The molecule has 1 aliphatic heterocycles. The van der Waals surface area contributed by atoms with Crippen LogP contribution in [0.1, 0.15) is 20.8 Å². The van der Waals surface area contributed by atoms with Crippen LogP contribution >= 0.6 is 0 Å². The van der Waals surface area contributed by atoms with Crippen molar-refractivity contribution in [3.8, 4) is 0 Å². The summed E-state index contributed by atoms with van der Waals surface area (Å²) in [6, 6.07) is 0. The van der Waals surface area contributed by atoms with Gasteiger partial charge < -0.3 is 4.74 Å². The monoisotopic (exact) mass is 164 g/mol. The summed E-state index contributed by atoms with van der Waals surface area (Å²) in [7, 11) is 0. The van der Waals surface area contributed by atoms with E-state index in [2.05, 4.69) is 0 Å². The summed E-state index contributed by atoms with van der Waals surface area (Å²) in [6.45, 7) is 5.63. The minimum atomic E-state index is -2.34. The van der Waals surface area contributed by atoms with Gasteiger partial charge in [-0.05, 0) is 18.8 Å². The SMILES string of the molecule is CC1OC(C(F)F)C(C)C1C. The zero-order chi connectivity index (χ0) is 8.59. The van der Waals surface area contributed by atoms with Gasteiger partial charge in [-0.15, -0.1) is 0 Å². The summed E-state index contributed by atoms with van der Waals surface area (Å²) in [4.78, 5) is 0. The Bertz CT molecular complexity index is 138. The van der Waals surface area contributed by atoms with Gasteiger partial charge in [0.05, 0.1) is 6.10 Å². The molecule has 1 saturated heterocycles. The highest BCUT2D eigenvalue weighted by molar-refractivity contribution is 4.84. The molecule has 66 valence electrons. The molecule has 11 heavy (non-hydrogen) atoms. The van der Waals surface area contributed by atoms with Crippen molar-refractivity contribution >= 4 is 0 Å². The fraction of sp³-hybridized carbons (Fsp3) is 1.00. The van der Waals surface area contributed by atoms with Crippen LogP contribution in [0, 0.1) is 11.8 Å². The van der Waals surface area contributed by atoms with Crippen molar-refractivity contribution in [1.29, 1.82) is 0 Å². The van der Waals surface area contributed by atoms with Crippen molar-refractivity contribution in [3.05, 3.63) is 0 Å². The summed E-state index contributed by atoms with van der Waals surface area (Å²) >= 11 is 0. The molecule has 0 saturated carbocycles. The molecule has 0 N–H and O–H groups in total. The predicted octanol–water partition coefficient (Wildman–Crippen LogP) is 2.31. The smallest absolute Gasteiger partial charge is 0.264 e. The van der Waals surface area contributed by atoms with Gasteiger partial charge in [-0.3, -0.25) is 0 Å². The molecule has 1 heterocycles. The molecule has 1 nitrogen and oxygen atoms in total. The van der Waals surface area contributed by atoms with Crippen LogP contribution in [-0.4, -0.2) is 18.6 Å². The van der Waals surface area contributed by atoms with Crippen LogP contribution in [0.3, 0.4) is 0 Å². The molecule has 1 rings (SSSR count).